The minimum Gasteiger partial charge on any atom is -0.481 e. The molecule has 4 rings (SSSR count). The summed E-state index contributed by atoms with van der Waals surface area (Å²) >= 11 is 0. The summed E-state index contributed by atoms with van der Waals surface area (Å²) in [5.74, 6) is -3.06. The Morgan fingerprint density at radius 3 is 2.09 bits per heavy atom. The van der Waals surface area contributed by atoms with Crippen LogP contribution in [0.25, 0.3) is 0 Å². The van der Waals surface area contributed by atoms with Gasteiger partial charge in [-0.25, -0.2) is 0 Å². The van der Waals surface area contributed by atoms with Crippen LogP contribution in [0.15, 0.2) is 65.2 Å². The average molecular weight is 812 g/mol. The number of anilines is 1. The minimum absolute atomic E-state index is 0.0380. The zero-order chi connectivity index (χ0) is 40.3. The van der Waals surface area contributed by atoms with Crippen molar-refractivity contribution in [2.75, 3.05) is 36.6 Å². The monoisotopic (exact) mass is 811 g/mol. The van der Waals surface area contributed by atoms with Gasteiger partial charge in [0.05, 0.1) is 35.3 Å². The summed E-state index contributed by atoms with van der Waals surface area (Å²) in [6.45, 7) is 6.26. The smallest absolute Gasteiger partial charge is 0.307 e. The van der Waals surface area contributed by atoms with E-state index in [1.165, 1.54) is 12.1 Å². The van der Waals surface area contributed by atoms with E-state index in [0.717, 1.165) is 12.7 Å². The van der Waals surface area contributed by atoms with Gasteiger partial charge in [0.2, 0.25) is 5.69 Å². The van der Waals surface area contributed by atoms with Crippen molar-refractivity contribution < 1.29 is 62.9 Å². The number of allylic oxidation sites excluding steroid dienone is 4. The lowest BCUT2D eigenvalue weighted by molar-refractivity contribution is -0.437. The Balaban J connectivity index is 1.91. The molecule has 0 amide bonds. The lowest BCUT2D eigenvalue weighted by Crippen LogP contribution is -2.32. The number of benzene rings is 2. The van der Waals surface area contributed by atoms with Crippen LogP contribution in [-0.4, -0.2) is 98.5 Å². The number of aliphatic carboxylic acids is 2. The summed E-state index contributed by atoms with van der Waals surface area (Å²) in [4.78, 5) is 25.1. The quantitative estimate of drug-likeness (QED) is 0.0873. The maximum Gasteiger partial charge on any atom is 0.307 e. The molecule has 0 saturated carbocycles. The van der Waals surface area contributed by atoms with Crippen molar-refractivity contribution in [3.8, 4) is 0 Å². The molecule has 2 heterocycles. The maximum absolute atomic E-state index is 12.7. The molecule has 2 aliphatic rings. The molecule has 2 aromatic rings. The van der Waals surface area contributed by atoms with Gasteiger partial charge in [0.1, 0.15) is 6.54 Å². The first-order valence-electron chi connectivity index (χ1n) is 17.3. The van der Waals surface area contributed by atoms with E-state index in [-0.39, 0.29) is 50.0 Å². The highest BCUT2D eigenvalue weighted by Crippen LogP contribution is 2.51. The van der Waals surface area contributed by atoms with Gasteiger partial charge in [-0.1, -0.05) is 12.1 Å². The van der Waals surface area contributed by atoms with Crippen molar-refractivity contribution in [3.05, 3.63) is 77.0 Å². The van der Waals surface area contributed by atoms with E-state index in [0.29, 0.717) is 46.9 Å². The van der Waals surface area contributed by atoms with E-state index >= 15 is 0 Å². The van der Waals surface area contributed by atoms with Gasteiger partial charge in [0, 0.05) is 53.9 Å². The van der Waals surface area contributed by atoms with Gasteiger partial charge >= 0.3 is 11.9 Å². The van der Waals surface area contributed by atoms with Crippen LogP contribution in [0.1, 0.15) is 76.0 Å². The molecule has 2 aromatic carbocycles. The van der Waals surface area contributed by atoms with Crippen LogP contribution >= 0.6 is 0 Å². The second kappa shape index (κ2) is 16.4. The summed E-state index contributed by atoms with van der Waals surface area (Å²) in [5.41, 5.74) is 2.78. The Labute approximate surface area is 316 Å². The normalized spacial score (nSPS) is 20.9. The van der Waals surface area contributed by atoms with E-state index in [4.69, 9.17) is 4.18 Å². The van der Waals surface area contributed by atoms with E-state index in [1.807, 2.05) is 42.4 Å². The molecule has 296 valence electrons. The summed E-state index contributed by atoms with van der Waals surface area (Å²) in [6, 6.07) is 9.77. The molecule has 0 bridgehead atoms. The number of hydrogen-bond acceptors (Lipinski definition) is 10. The third kappa shape index (κ3) is 9.64. The van der Waals surface area contributed by atoms with Crippen molar-refractivity contribution in [2.24, 2.45) is 0 Å². The molecule has 4 N–H and O–H groups in total. The summed E-state index contributed by atoms with van der Waals surface area (Å²) < 4.78 is 97.8. The zero-order valence-electron chi connectivity index (χ0n) is 30.6. The highest BCUT2D eigenvalue weighted by molar-refractivity contribution is 7.86. The molecule has 15 nitrogen and oxygen atoms in total. The lowest BCUT2D eigenvalue weighted by Gasteiger charge is -2.30. The molecular formula is C36H47N2O13S3+. The number of hydrogen-bond donors (Lipinski definition) is 4. The van der Waals surface area contributed by atoms with Crippen molar-refractivity contribution in [1.29, 1.82) is 0 Å². The first-order valence-corrected chi connectivity index (χ1v) is 21.9. The van der Waals surface area contributed by atoms with Gasteiger partial charge in [-0.2, -0.15) is 29.8 Å². The zero-order valence-corrected chi connectivity index (χ0v) is 33.0. The van der Waals surface area contributed by atoms with Gasteiger partial charge in [-0.3, -0.25) is 22.9 Å². The first kappa shape index (κ1) is 42.8. The lowest BCUT2D eigenvalue weighted by atomic mass is 9.74. The highest BCUT2D eigenvalue weighted by atomic mass is 32.2. The second-order valence-corrected chi connectivity index (χ2v) is 18.7. The van der Waals surface area contributed by atoms with Gasteiger partial charge in [0.25, 0.3) is 30.4 Å². The van der Waals surface area contributed by atoms with Crippen LogP contribution in [0.2, 0.25) is 0 Å². The van der Waals surface area contributed by atoms with Crippen LogP contribution in [-0.2, 0) is 61.4 Å². The number of carbonyl (C=O) groups is 2. The fourth-order valence-electron chi connectivity index (χ4n) is 7.61. The van der Waals surface area contributed by atoms with Gasteiger partial charge < -0.3 is 15.1 Å². The molecule has 2 unspecified atom stereocenters. The summed E-state index contributed by atoms with van der Waals surface area (Å²) in [5, 5.41) is 19.0. The second-order valence-electron chi connectivity index (χ2n) is 13.9. The molecule has 0 fully saturated rings. The van der Waals surface area contributed by atoms with Crippen LogP contribution < -0.4 is 4.90 Å². The number of carboxylic acid groups (broad SMARTS) is 2. The number of rotatable bonds is 19. The Bertz CT molecular complexity index is 2230. The molecule has 2 atom stereocenters. The predicted molar refractivity (Wildman–Crippen MR) is 201 cm³/mol. The maximum atomic E-state index is 12.7. The first-order chi connectivity index (χ1) is 25.1. The summed E-state index contributed by atoms with van der Waals surface area (Å²) in [6.07, 6.45) is 5.91. The van der Waals surface area contributed by atoms with E-state index in [2.05, 4.69) is 0 Å². The van der Waals surface area contributed by atoms with Crippen molar-refractivity contribution in [2.45, 2.75) is 81.4 Å². The van der Waals surface area contributed by atoms with Crippen molar-refractivity contribution >= 4 is 59.4 Å². The molecule has 2 aliphatic heterocycles. The molecule has 0 aromatic heterocycles. The Kier molecular flexibility index (Phi) is 13.0. The van der Waals surface area contributed by atoms with Gasteiger partial charge in [-0.15, -0.1) is 0 Å². The third-order valence-electron chi connectivity index (χ3n) is 10.1. The molecular weight excluding hydrogens is 765 g/mol. The molecule has 0 radical (unpaired) electrons. The predicted octanol–water partition coefficient (Wildman–Crippen LogP) is 4.44. The molecule has 0 spiro atoms. The number of fused-ring (bicyclic) bond motifs is 2. The van der Waals surface area contributed by atoms with Crippen LogP contribution in [0.4, 0.5) is 11.4 Å². The van der Waals surface area contributed by atoms with E-state index in [1.54, 1.807) is 30.3 Å². The molecule has 0 aliphatic carbocycles. The molecule has 18 heteroatoms. The highest BCUT2D eigenvalue weighted by Gasteiger charge is 2.48. The van der Waals surface area contributed by atoms with Crippen LogP contribution in [0, 0.1) is 0 Å². The largest absolute Gasteiger partial charge is 0.481 e. The Morgan fingerprint density at radius 1 is 0.852 bits per heavy atom. The standard InChI is InChI=1S/C36H46N2O13S3/c1-5-37-29-16-14-26(54(49,50)51-4)24-28(29)36(3,18-8-20-52(43,44)45)31(37)10-6-11-32-35(2,17-7-12-33(39)40)27-22-25(23-34(41)42)13-15-30(27)38(32)19-9-21-53(46,47)48/h6,10-11,13-16,22,24H,5,7-9,12,17-21,23H2,1-4H3,(H3-,39,40,41,42,43,44,45,46,47,48)/p+1. The summed E-state index contributed by atoms with van der Waals surface area (Å²) in [7, 11) is -11.6. The molecule has 0 saturated heterocycles. The number of carboxylic acids is 2. The van der Waals surface area contributed by atoms with Gasteiger partial charge in [0.15, 0.2) is 5.71 Å². The van der Waals surface area contributed by atoms with Crippen LogP contribution in [0.5, 0.6) is 0 Å². The average Bonchev–Trinajstić information content (AvgIpc) is 3.43. The Hall–Kier alpha value is -3.94. The third-order valence-corrected chi connectivity index (χ3v) is 13.0. The fraction of sp³-hybridized carbons (Fsp3) is 0.472. The minimum atomic E-state index is -4.30. The Morgan fingerprint density at radius 2 is 1.50 bits per heavy atom. The number of likely N-dealkylation sites (N-methyl/N-ethyl adjacent to an activating group) is 1. The van der Waals surface area contributed by atoms with Gasteiger partial charge in [-0.05, 0) is 87.9 Å². The van der Waals surface area contributed by atoms with Crippen molar-refractivity contribution in [1.82, 2.24) is 0 Å². The van der Waals surface area contributed by atoms with E-state index < -0.39 is 64.6 Å². The van der Waals surface area contributed by atoms with Crippen molar-refractivity contribution in [3.63, 3.8) is 0 Å². The SMILES string of the molecule is CCN1/C(=C/C=C/C2=[N+](CCCS(=O)(=O)O)c3ccc(CC(=O)O)cc3C2(C)CCCC(=O)O)C(C)(CCCS(=O)(=O)O)c2cc(S(=O)(=O)OC)ccc21. The van der Waals surface area contributed by atoms with E-state index in [9.17, 15) is 54.2 Å². The fourth-order valence-corrected chi connectivity index (χ4v) is 9.30. The van der Waals surface area contributed by atoms with Crippen LogP contribution in [0.3, 0.4) is 0 Å². The topological polar surface area (TPSA) is 233 Å². The number of nitrogens with zero attached hydrogens (tertiary/aromatic N) is 2. The molecule has 54 heavy (non-hydrogen) atoms.